The number of esters is 1. The van der Waals surface area contributed by atoms with Crippen molar-refractivity contribution in [1.29, 1.82) is 0 Å². The minimum absolute atomic E-state index is 0.124. The molecule has 8 heteroatoms. The second kappa shape index (κ2) is 4.46. The summed E-state index contributed by atoms with van der Waals surface area (Å²) >= 11 is 0. The highest BCUT2D eigenvalue weighted by Gasteiger charge is 2.60. The van der Waals surface area contributed by atoms with Crippen molar-refractivity contribution in [3.05, 3.63) is 0 Å². The molecule has 0 aliphatic heterocycles. The topological polar surface area (TPSA) is 89.9 Å². The van der Waals surface area contributed by atoms with Gasteiger partial charge in [0.2, 0.25) is 0 Å². The first kappa shape index (κ1) is 14.4. The summed E-state index contributed by atoms with van der Waals surface area (Å²) in [5.74, 6) is -9.14. The van der Waals surface area contributed by atoms with Crippen LogP contribution in [0.1, 0.15) is 32.1 Å². The molecule has 0 aromatic heterocycles. The molecule has 0 heterocycles. The lowest BCUT2D eigenvalue weighted by Crippen LogP contribution is -2.58. The number of rotatable bonds is 3. The molecule has 0 saturated heterocycles. The lowest BCUT2D eigenvalue weighted by Gasteiger charge is -2.54. The zero-order valence-electron chi connectivity index (χ0n) is 11.0. The van der Waals surface area contributed by atoms with Crippen LogP contribution in [0.15, 0.2) is 0 Å². The number of halogens is 2. The smallest absolute Gasteiger partial charge is 0.440 e. The highest BCUT2D eigenvalue weighted by molar-refractivity contribution is 6.01. The van der Waals surface area contributed by atoms with Crippen molar-refractivity contribution in [3.8, 4) is 0 Å². The first-order valence-electron chi connectivity index (χ1n) is 6.78. The third kappa shape index (κ3) is 2.12. The summed E-state index contributed by atoms with van der Waals surface area (Å²) in [7, 11) is 0. The van der Waals surface area contributed by atoms with Gasteiger partial charge in [-0.1, -0.05) is 0 Å². The number of alkyl halides is 2. The van der Waals surface area contributed by atoms with Gasteiger partial charge < -0.3 is 4.74 Å². The number of carbonyl (C=O) groups is 3. The molecular formula is C13H14F2O6. The minimum Gasteiger partial charge on any atom is -0.454 e. The van der Waals surface area contributed by atoms with Crippen LogP contribution in [0.3, 0.4) is 0 Å². The summed E-state index contributed by atoms with van der Waals surface area (Å²) in [6.07, 6.45) is 2.32. The van der Waals surface area contributed by atoms with E-state index in [1.54, 1.807) is 0 Å². The van der Waals surface area contributed by atoms with Crippen LogP contribution < -0.4 is 0 Å². The van der Waals surface area contributed by atoms with Gasteiger partial charge in [-0.2, -0.15) is 14.0 Å². The number of ketones is 1. The van der Waals surface area contributed by atoms with Crippen molar-refractivity contribution < 1.29 is 38.0 Å². The molecule has 4 fully saturated rings. The number of carbonyl (C=O) groups excluding carboxylic acids is 3. The number of ether oxygens (including phenoxy) is 1. The van der Waals surface area contributed by atoms with Crippen LogP contribution in [-0.2, 0) is 24.0 Å². The Morgan fingerprint density at radius 1 is 1.14 bits per heavy atom. The Morgan fingerprint density at radius 2 is 1.71 bits per heavy atom. The van der Waals surface area contributed by atoms with Crippen LogP contribution in [0, 0.1) is 17.8 Å². The summed E-state index contributed by atoms with van der Waals surface area (Å²) in [6.45, 7) is 0. The summed E-state index contributed by atoms with van der Waals surface area (Å²) in [6, 6.07) is 0. The van der Waals surface area contributed by atoms with E-state index in [0.717, 1.165) is 0 Å². The van der Waals surface area contributed by atoms with Gasteiger partial charge in [-0.15, -0.1) is 0 Å². The van der Waals surface area contributed by atoms with Gasteiger partial charge in [-0.3, -0.25) is 9.68 Å². The lowest BCUT2D eigenvalue weighted by atomic mass is 9.53. The molecule has 4 aliphatic rings. The third-order valence-corrected chi connectivity index (χ3v) is 4.84. The van der Waals surface area contributed by atoms with Crippen LogP contribution in [0.2, 0.25) is 0 Å². The highest BCUT2D eigenvalue weighted by atomic mass is 19.3. The van der Waals surface area contributed by atoms with E-state index in [2.05, 4.69) is 4.89 Å². The number of hydrogen-bond acceptors (Lipinski definition) is 6. The Bertz CT molecular complexity index is 499. The van der Waals surface area contributed by atoms with Gasteiger partial charge in [-0.25, -0.2) is 9.59 Å². The fraction of sp³-hybridized carbons (Fsp3) is 0.769. The maximum absolute atomic E-state index is 13.4. The maximum atomic E-state index is 13.4. The quantitative estimate of drug-likeness (QED) is 0.366. The van der Waals surface area contributed by atoms with Crippen LogP contribution in [0.25, 0.3) is 0 Å². The maximum Gasteiger partial charge on any atom is 0.440 e. The predicted molar refractivity (Wildman–Crippen MR) is 61.1 cm³/mol. The molecule has 4 aliphatic carbocycles. The van der Waals surface area contributed by atoms with Gasteiger partial charge in [0.15, 0.2) is 0 Å². The van der Waals surface area contributed by atoms with Gasteiger partial charge >= 0.3 is 17.9 Å². The van der Waals surface area contributed by atoms with Crippen molar-refractivity contribution in [1.82, 2.24) is 0 Å². The van der Waals surface area contributed by atoms with Crippen molar-refractivity contribution in [2.45, 2.75) is 43.6 Å². The molecule has 0 aromatic rings. The summed E-state index contributed by atoms with van der Waals surface area (Å²) in [4.78, 5) is 37.2. The number of Topliss-reactive ketones (excluding diaryl/α,β-unsaturated/α-hetero) is 1. The van der Waals surface area contributed by atoms with E-state index in [1.807, 2.05) is 0 Å². The van der Waals surface area contributed by atoms with Crippen LogP contribution in [-0.4, -0.2) is 34.5 Å². The zero-order chi connectivity index (χ0) is 15.4. The molecule has 116 valence electrons. The standard InChI is InChI=1S/C13H14F2O6/c14-13(15,11(18)21-19)10(17)20-12-3-6-1-7(4-12)9(16)8(2-6)5-12/h6-8,19H,1-5H2. The first-order chi connectivity index (χ1) is 9.77. The molecule has 4 bridgehead atoms. The molecule has 4 rings (SSSR count). The molecule has 0 amide bonds. The molecule has 0 aromatic carbocycles. The SMILES string of the molecule is O=C1C2CC3CC1CC(OC(=O)C(F)(F)C(=O)OO)(C3)C2. The lowest BCUT2D eigenvalue weighted by molar-refractivity contribution is -0.261. The average molecular weight is 304 g/mol. The van der Waals surface area contributed by atoms with Crippen molar-refractivity contribution >= 4 is 17.7 Å². The number of hydrogen-bond donors (Lipinski definition) is 1. The zero-order valence-corrected chi connectivity index (χ0v) is 11.0. The second-order valence-corrected chi connectivity index (χ2v) is 6.27. The molecule has 0 spiro atoms. The second-order valence-electron chi connectivity index (χ2n) is 6.27. The fourth-order valence-corrected chi connectivity index (χ4v) is 4.20. The Kier molecular flexibility index (Phi) is 3.05. The molecular weight excluding hydrogens is 290 g/mol. The summed E-state index contributed by atoms with van der Waals surface area (Å²) in [5.41, 5.74) is -1.10. The molecule has 2 unspecified atom stereocenters. The van der Waals surface area contributed by atoms with E-state index in [9.17, 15) is 23.2 Å². The van der Waals surface area contributed by atoms with Gasteiger partial charge in [0.25, 0.3) is 0 Å². The Balaban J connectivity index is 1.78. The van der Waals surface area contributed by atoms with Crippen molar-refractivity contribution in [2.24, 2.45) is 17.8 Å². The largest absolute Gasteiger partial charge is 0.454 e. The molecule has 4 saturated carbocycles. The van der Waals surface area contributed by atoms with E-state index >= 15 is 0 Å². The van der Waals surface area contributed by atoms with Gasteiger partial charge in [0, 0.05) is 11.8 Å². The van der Waals surface area contributed by atoms with E-state index in [0.29, 0.717) is 19.3 Å². The van der Waals surface area contributed by atoms with E-state index in [-0.39, 0.29) is 36.4 Å². The average Bonchev–Trinajstić information content (AvgIpc) is 2.42. The van der Waals surface area contributed by atoms with E-state index in [1.165, 1.54) is 0 Å². The minimum atomic E-state index is -4.55. The van der Waals surface area contributed by atoms with Crippen molar-refractivity contribution in [2.75, 3.05) is 0 Å². The van der Waals surface area contributed by atoms with Crippen LogP contribution >= 0.6 is 0 Å². The monoisotopic (exact) mass is 304 g/mol. The summed E-state index contributed by atoms with van der Waals surface area (Å²) in [5, 5.41) is 8.00. The van der Waals surface area contributed by atoms with Gasteiger partial charge in [-0.05, 0) is 38.0 Å². The van der Waals surface area contributed by atoms with Gasteiger partial charge in [0.1, 0.15) is 11.4 Å². The normalized spacial score (nSPS) is 37.5. The third-order valence-electron chi connectivity index (χ3n) is 4.84. The predicted octanol–water partition coefficient (Wildman–Crippen LogP) is 1.33. The molecule has 1 N–H and O–H groups in total. The van der Waals surface area contributed by atoms with E-state index < -0.39 is 23.5 Å². The Hall–Kier alpha value is -1.57. The van der Waals surface area contributed by atoms with Crippen LogP contribution in [0.4, 0.5) is 8.78 Å². The molecule has 2 atom stereocenters. The van der Waals surface area contributed by atoms with Crippen molar-refractivity contribution in [3.63, 3.8) is 0 Å². The highest BCUT2D eigenvalue weighted by Crippen LogP contribution is 2.55. The summed E-state index contributed by atoms with van der Waals surface area (Å²) < 4.78 is 31.7. The molecule has 21 heavy (non-hydrogen) atoms. The Labute approximate surface area is 118 Å². The van der Waals surface area contributed by atoms with Crippen LogP contribution in [0.5, 0.6) is 0 Å². The van der Waals surface area contributed by atoms with Gasteiger partial charge in [0.05, 0.1) is 0 Å². The van der Waals surface area contributed by atoms with E-state index in [4.69, 9.17) is 9.99 Å². The fourth-order valence-electron chi connectivity index (χ4n) is 4.20. The molecule has 6 nitrogen and oxygen atoms in total. The molecule has 0 radical (unpaired) electrons. The Morgan fingerprint density at radius 3 is 2.24 bits per heavy atom. The first-order valence-corrected chi connectivity index (χ1v) is 6.78.